The van der Waals surface area contributed by atoms with Gasteiger partial charge in [0, 0.05) is 31.6 Å². The topological polar surface area (TPSA) is 76.2 Å². The fourth-order valence-corrected chi connectivity index (χ4v) is 3.68. The van der Waals surface area contributed by atoms with E-state index in [-0.39, 0.29) is 0 Å². The van der Waals surface area contributed by atoms with Crippen LogP contribution in [0.25, 0.3) is 11.4 Å². The van der Waals surface area contributed by atoms with Gasteiger partial charge >= 0.3 is 0 Å². The molecule has 0 aliphatic carbocycles. The Kier molecular flexibility index (Phi) is 5.90. The third-order valence-electron chi connectivity index (χ3n) is 4.04. The van der Waals surface area contributed by atoms with Crippen LogP contribution in [0.4, 0.5) is 0 Å². The van der Waals surface area contributed by atoms with E-state index in [9.17, 15) is 0 Å². The molecule has 0 N–H and O–H groups in total. The number of hydrogen-bond acceptors (Lipinski definition) is 7. The van der Waals surface area contributed by atoms with E-state index in [1.54, 1.807) is 37.8 Å². The molecule has 0 radical (unpaired) electrons. The van der Waals surface area contributed by atoms with Crippen molar-refractivity contribution in [3.63, 3.8) is 0 Å². The van der Waals surface area contributed by atoms with Gasteiger partial charge < -0.3 is 18.8 Å². The molecule has 0 saturated heterocycles. The third kappa shape index (κ3) is 4.02. The zero-order valence-electron chi connectivity index (χ0n) is 16.1. The molecule has 0 unspecified atom stereocenters. The zero-order valence-corrected chi connectivity index (χ0v) is 16.9. The number of methoxy groups -OCH3 is 3. The van der Waals surface area contributed by atoms with Crippen molar-refractivity contribution in [2.45, 2.75) is 24.4 Å². The van der Waals surface area contributed by atoms with Crippen molar-refractivity contribution in [3.8, 4) is 28.8 Å². The Hall–Kier alpha value is -2.68. The van der Waals surface area contributed by atoms with E-state index in [1.165, 1.54) is 0 Å². The molecule has 0 saturated carbocycles. The predicted octanol–water partition coefficient (Wildman–Crippen LogP) is 3.02. The van der Waals surface area contributed by atoms with Gasteiger partial charge in [-0.15, -0.1) is 15.3 Å². The predicted molar refractivity (Wildman–Crippen MR) is 104 cm³/mol. The number of hydrogen-bond donors (Lipinski definition) is 0. The molecule has 3 rings (SSSR count). The second-order valence-corrected chi connectivity index (χ2v) is 6.73. The average molecular weight is 389 g/mol. The smallest absolute Gasteiger partial charge is 0.243 e. The minimum Gasteiger partial charge on any atom is -0.497 e. The summed E-state index contributed by atoms with van der Waals surface area (Å²) in [6.45, 7) is 2.80. The van der Waals surface area contributed by atoms with Crippen LogP contribution in [0.15, 0.2) is 29.6 Å². The summed E-state index contributed by atoms with van der Waals surface area (Å²) in [5.41, 5.74) is 1.91. The lowest BCUT2D eigenvalue weighted by Gasteiger charge is -2.09. The van der Waals surface area contributed by atoms with Gasteiger partial charge in [0.1, 0.15) is 17.1 Å². The third-order valence-corrected chi connectivity index (χ3v) is 5.08. The van der Waals surface area contributed by atoms with Crippen LogP contribution in [0.1, 0.15) is 12.5 Å². The number of aromatic nitrogens is 5. The van der Waals surface area contributed by atoms with E-state index in [2.05, 4.69) is 26.8 Å². The molecule has 0 spiro atoms. The number of rotatable bonds is 8. The van der Waals surface area contributed by atoms with E-state index in [0.717, 1.165) is 45.9 Å². The quantitative estimate of drug-likeness (QED) is 0.548. The Labute approximate surface area is 162 Å². The first-order chi connectivity index (χ1) is 13.1. The number of aryl methyl sites for hydroxylation is 1. The van der Waals surface area contributed by atoms with Crippen LogP contribution in [0.2, 0.25) is 0 Å². The van der Waals surface area contributed by atoms with Gasteiger partial charge in [-0.3, -0.25) is 4.68 Å². The summed E-state index contributed by atoms with van der Waals surface area (Å²) in [5.74, 6) is 3.53. The summed E-state index contributed by atoms with van der Waals surface area (Å²) in [5, 5.41) is 13.9. The molecule has 2 heterocycles. The van der Waals surface area contributed by atoms with Crippen molar-refractivity contribution in [1.29, 1.82) is 0 Å². The van der Waals surface area contributed by atoms with Crippen LogP contribution in [0.3, 0.4) is 0 Å². The van der Waals surface area contributed by atoms with Gasteiger partial charge in [-0.1, -0.05) is 11.8 Å². The number of benzene rings is 1. The van der Waals surface area contributed by atoms with Crippen molar-refractivity contribution in [2.24, 2.45) is 7.05 Å². The zero-order chi connectivity index (χ0) is 19.4. The summed E-state index contributed by atoms with van der Waals surface area (Å²) < 4.78 is 19.8. The van der Waals surface area contributed by atoms with E-state index in [1.807, 2.05) is 31.4 Å². The van der Waals surface area contributed by atoms with Gasteiger partial charge in [-0.2, -0.15) is 0 Å². The van der Waals surface area contributed by atoms with Crippen LogP contribution < -0.4 is 14.2 Å². The molecule has 0 fully saturated rings. The van der Waals surface area contributed by atoms with Gasteiger partial charge in [-0.05, 0) is 24.6 Å². The maximum Gasteiger partial charge on any atom is 0.243 e. The van der Waals surface area contributed by atoms with Crippen LogP contribution in [0.5, 0.6) is 17.4 Å². The van der Waals surface area contributed by atoms with Crippen LogP contribution in [0, 0.1) is 0 Å². The Morgan fingerprint density at radius 2 is 1.70 bits per heavy atom. The molecule has 0 atom stereocenters. The van der Waals surface area contributed by atoms with Gasteiger partial charge in [0.2, 0.25) is 5.88 Å². The van der Waals surface area contributed by atoms with Crippen molar-refractivity contribution >= 4 is 11.8 Å². The average Bonchev–Trinajstić information content (AvgIpc) is 3.27. The minimum absolute atomic E-state index is 0.536. The lowest BCUT2D eigenvalue weighted by molar-refractivity contribution is 0.392. The van der Waals surface area contributed by atoms with Gasteiger partial charge in [-0.25, -0.2) is 0 Å². The van der Waals surface area contributed by atoms with Gasteiger partial charge in [0.15, 0.2) is 11.0 Å². The lowest BCUT2D eigenvalue weighted by atomic mass is 10.2. The Morgan fingerprint density at radius 1 is 1.00 bits per heavy atom. The minimum atomic E-state index is 0.536. The highest BCUT2D eigenvalue weighted by molar-refractivity contribution is 7.98. The van der Waals surface area contributed by atoms with Crippen LogP contribution in [-0.4, -0.2) is 45.9 Å². The summed E-state index contributed by atoms with van der Waals surface area (Å²) >= 11 is 1.61. The number of nitrogens with zero attached hydrogens (tertiary/aromatic N) is 5. The maximum atomic E-state index is 5.36. The standard InChI is InChI=1S/C18H23N5O3S/c1-6-23-16(15-10-22(2)21-17(15)26-5)19-20-18(23)27-11-12-7-13(24-3)9-14(8-12)25-4/h7-10H,6,11H2,1-5H3. The lowest BCUT2D eigenvalue weighted by Crippen LogP contribution is -2.00. The summed E-state index contributed by atoms with van der Waals surface area (Å²) in [6, 6.07) is 5.84. The summed E-state index contributed by atoms with van der Waals surface area (Å²) in [7, 11) is 6.74. The highest BCUT2D eigenvalue weighted by Gasteiger charge is 2.19. The molecule has 9 heteroatoms. The first-order valence-corrected chi connectivity index (χ1v) is 9.44. The maximum absolute atomic E-state index is 5.36. The second kappa shape index (κ2) is 8.34. The van der Waals surface area contributed by atoms with Crippen LogP contribution >= 0.6 is 11.8 Å². The molecule has 8 nitrogen and oxygen atoms in total. The fraction of sp³-hybridized carbons (Fsp3) is 0.389. The van der Waals surface area contributed by atoms with Gasteiger partial charge in [0.05, 0.1) is 21.3 Å². The molecule has 3 aromatic rings. The Balaban J connectivity index is 1.85. The molecule has 144 valence electrons. The largest absolute Gasteiger partial charge is 0.497 e. The van der Waals surface area contributed by atoms with Crippen LogP contribution in [-0.2, 0) is 19.3 Å². The van der Waals surface area contributed by atoms with Crippen molar-refractivity contribution in [1.82, 2.24) is 24.5 Å². The van der Waals surface area contributed by atoms with E-state index in [4.69, 9.17) is 14.2 Å². The number of thioether (sulfide) groups is 1. The fourth-order valence-electron chi connectivity index (χ4n) is 2.75. The van der Waals surface area contributed by atoms with Crippen molar-refractivity contribution in [2.75, 3.05) is 21.3 Å². The highest BCUT2D eigenvalue weighted by Crippen LogP contribution is 2.32. The normalized spacial score (nSPS) is 10.9. The van der Waals surface area contributed by atoms with E-state index < -0.39 is 0 Å². The monoisotopic (exact) mass is 389 g/mol. The summed E-state index contributed by atoms with van der Waals surface area (Å²) in [6.07, 6.45) is 1.89. The molecular weight excluding hydrogens is 366 g/mol. The SMILES string of the molecule is CCn1c(SCc2cc(OC)cc(OC)c2)nnc1-c1cn(C)nc1OC. The molecule has 2 aromatic heterocycles. The van der Waals surface area contributed by atoms with Gasteiger partial charge in [0.25, 0.3) is 0 Å². The molecular formula is C18H23N5O3S. The van der Waals surface area contributed by atoms with Crippen molar-refractivity contribution < 1.29 is 14.2 Å². The molecule has 27 heavy (non-hydrogen) atoms. The molecule has 0 amide bonds. The molecule has 0 bridgehead atoms. The molecule has 0 aliphatic rings. The van der Waals surface area contributed by atoms with E-state index in [0.29, 0.717) is 5.88 Å². The first kappa shape index (κ1) is 19.1. The molecule has 1 aromatic carbocycles. The molecule has 0 aliphatic heterocycles. The Bertz CT molecular complexity index is 900. The number of ether oxygens (including phenoxy) is 3. The first-order valence-electron chi connectivity index (χ1n) is 8.45. The second-order valence-electron chi connectivity index (χ2n) is 5.79. The van der Waals surface area contributed by atoms with E-state index >= 15 is 0 Å². The summed E-state index contributed by atoms with van der Waals surface area (Å²) in [4.78, 5) is 0. The highest BCUT2D eigenvalue weighted by atomic mass is 32.2. The Morgan fingerprint density at radius 3 is 2.30 bits per heavy atom. The van der Waals surface area contributed by atoms with Crippen molar-refractivity contribution in [3.05, 3.63) is 30.0 Å².